The van der Waals surface area contributed by atoms with Crippen molar-refractivity contribution in [1.82, 2.24) is 10.3 Å². The molecule has 4 rings (SSSR count). The lowest BCUT2D eigenvalue weighted by Gasteiger charge is -2.11. The van der Waals surface area contributed by atoms with Crippen LogP contribution in [0.3, 0.4) is 0 Å². The van der Waals surface area contributed by atoms with Gasteiger partial charge in [0.05, 0.1) is 17.7 Å². The molecule has 1 amide bonds. The summed E-state index contributed by atoms with van der Waals surface area (Å²) in [6, 6.07) is 24.1. The van der Waals surface area contributed by atoms with E-state index in [1.54, 1.807) is 6.20 Å². The Morgan fingerprint density at radius 2 is 1.57 bits per heavy atom. The van der Waals surface area contributed by atoms with Gasteiger partial charge in [-0.2, -0.15) is 0 Å². The van der Waals surface area contributed by atoms with Crippen LogP contribution in [-0.4, -0.2) is 30.5 Å². The van der Waals surface area contributed by atoms with Crippen LogP contribution >= 0.6 is 0 Å². The van der Waals surface area contributed by atoms with Crippen LogP contribution in [0.25, 0.3) is 21.7 Å². The number of pyridine rings is 1. The molecule has 5 heteroatoms. The van der Waals surface area contributed by atoms with Gasteiger partial charge in [-0.3, -0.25) is 9.78 Å². The van der Waals surface area contributed by atoms with Gasteiger partial charge in [-0.1, -0.05) is 42.5 Å². The van der Waals surface area contributed by atoms with Crippen LogP contribution in [0.1, 0.15) is 0 Å². The Morgan fingerprint density at radius 3 is 2.54 bits per heavy atom. The summed E-state index contributed by atoms with van der Waals surface area (Å²) in [5, 5.41) is 12.9. The van der Waals surface area contributed by atoms with E-state index in [9.17, 15) is 4.79 Å². The Labute approximate surface area is 163 Å². The molecule has 0 aliphatic rings. The molecular formula is C23H22N4O. The number of hydrogen-bond donors (Lipinski definition) is 3. The molecule has 0 radical (unpaired) electrons. The van der Waals surface area contributed by atoms with Gasteiger partial charge >= 0.3 is 0 Å². The minimum absolute atomic E-state index is 0.0680. The SMILES string of the molecule is O=C(CNCCNc1cccc2ccccc12)Nc1cccc2ncccc12. The van der Waals surface area contributed by atoms with Crippen molar-refractivity contribution in [3.63, 3.8) is 0 Å². The Balaban J connectivity index is 1.26. The number of fused-ring (bicyclic) bond motifs is 2. The van der Waals surface area contributed by atoms with Gasteiger partial charge < -0.3 is 16.0 Å². The summed E-state index contributed by atoms with van der Waals surface area (Å²) in [5.74, 6) is -0.0680. The number of rotatable bonds is 7. The third kappa shape index (κ3) is 4.10. The zero-order valence-electron chi connectivity index (χ0n) is 15.5. The predicted octanol–water partition coefficient (Wildman–Crippen LogP) is 4.03. The lowest BCUT2D eigenvalue weighted by Crippen LogP contribution is -2.31. The lowest BCUT2D eigenvalue weighted by atomic mass is 10.1. The summed E-state index contributed by atoms with van der Waals surface area (Å²) >= 11 is 0. The molecule has 28 heavy (non-hydrogen) atoms. The van der Waals surface area contributed by atoms with Crippen LogP contribution in [0.2, 0.25) is 0 Å². The van der Waals surface area contributed by atoms with Gasteiger partial charge in [-0.25, -0.2) is 0 Å². The van der Waals surface area contributed by atoms with E-state index in [2.05, 4.69) is 45.2 Å². The summed E-state index contributed by atoms with van der Waals surface area (Å²) in [6.45, 7) is 1.68. The number of carbonyl (C=O) groups excluding carboxylic acids is 1. The van der Waals surface area contributed by atoms with Crippen molar-refractivity contribution in [3.05, 3.63) is 79.0 Å². The molecule has 0 spiro atoms. The van der Waals surface area contributed by atoms with Crippen LogP contribution in [0, 0.1) is 0 Å². The molecular weight excluding hydrogens is 348 g/mol. The van der Waals surface area contributed by atoms with E-state index in [4.69, 9.17) is 0 Å². The second-order valence-electron chi connectivity index (χ2n) is 6.55. The van der Waals surface area contributed by atoms with Crippen LogP contribution < -0.4 is 16.0 Å². The first kappa shape index (κ1) is 17.9. The van der Waals surface area contributed by atoms with Crippen molar-refractivity contribution >= 4 is 39.0 Å². The number of carbonyl (C=O) groups is 1. The fraction of sp³-hybridized carbons (Fsp3) is 0.130. The monoisotopic (exact) mass is 370 g/mol. The van der Waals surface area contributed by atoms with Crippen molar-refractivity contribution in [2.45, 2.75) is 0 Å². The second kappa shape index (κ2) is 8.50. The number of hydrogen-bond acceptors (Lipinski definition) is 4. The quantitative estimate of drug-likeness (QED) is 0.430. The molecule has 1 heterocycles. The molecule has 5 nitrogen and oxygen atoms in total. The molecule has 3 N–H and O–H groups in total. The summed E-state index contributed by atoms with van der Waals surface area (Å²) in [7, 11) is 0. The molecule has 0 bridgehead atoms. The molecule has 3 aromatic carbocycles. The Morgan fingerprint density at radius 1 is 0.786 bits per heavy atom. The number of nitrogens with one attached hydrogen (secondary N) is 3. The molecule has 140 valence electrons. The maximum absolute atomic E-state index is 12.2. The topological polar surface area (TPSA) is 66.1 Å². The highest BCUT2D eigenvalue weighted by Gasteiger charge is 2.06. The molecule has 0 fully saturated rings. The third-order valence-electron chi connectivity index (χ3n) is 4.61. The average Bonchev–Trinajstić information content (AvgIpc) is 2.74. The van der Waals surface area contributed by atoms with Crippen molar-refractivity contribution in [1.29, 1.82) is 0 Å². The Bertz CT molecular complexity index is 1100. The standard InChI is InChI=1S/C23H22N4O/c28-23(27-22-12-4-11-21-19(22)9-5-13-25-21)16-24-14-15-26-20-10-3-7-17-6-1-2-8-18(17)20/h1-13,24,26H,14-16H2,(H,27,28). The van der Waals surface area contributed by atoms with Gasteiger partial charge in [0.1, 0.15) is 0 Å². The molecule has 0 unspecified atom stereocenters. The Hall–Kier alpha value is -3.44. The van der Waals surface area contributed by atoms with E-state index >= 15 is 0 Å². The second-order valence-corrected chi connectivity index (χ2v) is 6.55. The van der Waals surface area contributed by atoms with E-state index in [1.807, 2.05) is 48.5 Å². The van der Waals surface area contributed by atoms with Crippen LogP contribution in [0.15, 0.2) is 79.0 Å². The highest BCUT2D eigenvalue weighted by Crippen LogP contribution is 2.22. The summed E-state index contributed by atoms with van der Waals surface area (Å²) in [6.07, 6.45) is 1.75. The first-order valence-electron chi connectivity index (χ1n) is 9.37. The van der Waals surface area contributed by atoms with Gasteiger partial charge in [0.2, 0.25) is 5.91 Å². The number of nitrogens with zero attached hydrogens (tertiary/aromatic N) is 1. The van der Waals surface area contributed by atoms with Crippen molar-refractivity contribution in [3.8, 4) is 0 Å². The molecule has 0 saturated carbocycles. The molecule has 0 saturated heterocycles. The van der Waals surface area contributed by atoms with E-state index in [-0.39, 0.29) is 12.5 Å². The number of amides is 1. The van der Waals surface area contributed by atoms with Gasteiger partial charge in [0.25, 0.3) is 0 Å². The minimum atomic E-state index is -0.0680. The van der Waals surface area contributed by atoms with Crippen molar-refractivity contribution in [2.75, 3.05) is 30.3 Å². The summed E-state index contributed by atoms with van der Waals surface area (Å²) in [5.41, 5.74) is 2.76. The van der Waals surface area contributed by atoms with Gasteiger partial charge in [-0.15, -0.1) is 0 Å². The maximum atomic E-state index is 12.2. The van der Waals surface area contributed by atoms with Gasteiger partial charge in [0, 0.05) is 35.7 Å². The maximum Gasteiger partial charge on any atom is 0.238 e. The first-order valence-corrected chi connectivity index (χ1v) is 9.37. The van der Waals surface area contributed by atoms with E-state index in [1.165, 1.54) is 10.8 Å². The largest absolute Gasteiger partial charge is 0.383 e. The fourth-order valence-corrected chi connectivity index (χ4v) is 3.27. The highest BCUT2D eigenvalue weighted by molar-refractivity contribution is 6.01. The average molecular weight is 370 g/mol. The summed E-state index contributed by atoms with van der Waals surface area (Å²) in [4.78, 5) is 16.6. The third-order valence-corrected chi connectivity index (χ3v) is 4.61. The van der Waals surface area contributed by atoms with E-state index in [0.717, 1.165) is 28.8 Å². The number of anilines is 2. The zero-order valence-corrected chi connectivity index (χ0v) is 15.5. The van der Waals surface area contributed by atoms with Crippen LogP contribution in [0.4, 0.5) is 11.4 Å². The molecule has 0 aliphatic heterocycles. The van der Waals surface area contributed by atoms with Crippen molar-refractivity contribution in [2.24, 2.45) is 0 Å². The minimum Gasteiger partial charge on any atom is -0.383 e. The van der Waals surface area contributed by atoms with E-state index in [0.29, 0.717) is 6.54 Å². The van der Waals surface area contributed by atoms with Crippen molar-refractivity contribution < 1.29 is 4.79 Å². The molecule has 4 aromatic rings. The number of benzene rings is 3. The highest BCUT2D eigenvalue weighted by atomic mass is 16.1. The Kier molecular flexibility index (Phi) is 5.45. The van der Waals surface area contributed by atoms with Gasteiger partial charge in [-0.05, 0) is 35.7 Å². The summed E-state index contributed by atoms with van der Waals surface area (Å²) < 4.78 is 0. The fourth-order valence-electron chi connectivity index (χ4n) is 3.27. The van der Waals surface area contributed by atoms with Gasteiger partial charge in [0.15, 0.2) is 0 Å². The lowest BCUT2D eigenvalue weighted by molar-refractivity contribution is -0.115. The normalized spacial score (nSPS) is 10.9. The van der Waals surface area contributed by atoms with Crippen LogP contribution in [-0.2, 0) is 4.79 Å². The van der Waals surface area contributed by atoms with Crippen LogP contribution in [0.5, 0.6) is 0 Å². The smallest absolute Gasteiger partial charge is 0.238 e. The first-order chi connectivity index (χ1) is 13.8. The number of aromatic nitrogens is 1. The molecule has 0 atom stereocenters. The molecule has 1 aromatic heterocycles. The van der Waals surface area contributed by atoms with E-state index < -0.39 is 0 Å². The zero-order chi connectivity index (χ0) is 19.2. The predicted molar refractivity (Wildman–Crippen MR) is 116 cm³/mol. The molecule has 0 aliphatic carbocycles.